The van der Waals surface area contributed by atoms with E-state index in [1.807, 2.05) is 13.1 Å². The van der Waals surface area contributed by atoms with Crippen LogP contribution in [0.5, 0.6) is 0 Å². The molecule has 0 aliphatic carbocycles. The van der Waals surface area contributed by atoms with Gasteiger partial charge in [0, 0.05) is 30.5 Å². The summed E-state index contributed by atoms with van der Waals surface area (Å²) in [5.41, 5.74) is 2.46. The molecule has 3 nitrogen and oxygen atoms in total. The maximum absolute atomic E-state index is 11.8. The molecule has 1 aromatic carbocycles. The van der Waals surface area contributed by atoms with E-state index in [0.29, 0.717) is 13.0 Å². The molecule has 0 fully saturated rings. The lowest BCUT2D eigenvalue weighted by Crippen LogP contribution is -2.25. The van der Waals surface area contributed by atoms with Crippen molar-refractivity contribution < 1.29 is 4.79 Å². The lowest BCUT2D eigenvalue weighted by molar-refractivity contribution is -0.121. The van der Waals surface area contributed by atoms with E-state index in [0.717, 1.165) is 17.8 Å². The summed E-state index contributed by atoms with van der Waals surface area (Å²) in [7, 11) is 0. The Morgan fingerprint density at radius 1 is 1.20 bits per heavy atom. The summed E-state index contributed by atoms with van der Waals surface area (Å²) >= 11 is 1.69. The van der Waals surface area contributed by atoms with Crippen LogP contribution in [0.2, 0.25) is 0 Å². The van der Waals surface area contributed by atoms with E-state index in [4.69, 9.17) is 0 Å². The Kier molecular flexibility index (Phi) is 5.30. The van der Waals surface area contributed by atoms with Gasteiger partial charge in [-0.3, -0.25) is 4.79 Å². The van der Waals surface area contributed by atoms with Gasteiger partial charge in [0.25, 0.3) is 0 Å². The SMILES string of the molecule is Cc1ccc(CCC(=O)NCCc2cnc(C)s2)cc1. The number of rotatable bonds is 6. The Balaban J connectivity index is 1.66. The topological polar surface area (TPSA) is 42.0 Å². The minimum Gasteiger partial charge on any atom is -0.356 e. The molecule has 1 heterocycles. The molecule has 106 valence electrons. The standard InChI is InChI=1S/C16H20N2OS/c1-12-3-5-14(6-4-12)7-8-16(19)17-10-9-15-11-18-13(2)20-15/h3-6,11H,7-10H2,1-2H3,(H,17,19). The predicted molar refractivity (Wildman–Crippen MR) is 83.1 cm³/mol. The van der Waals surface area contributed by atoms with Gasteiger partial charge in [-0.2, -0.15) is 0 Å². The van der Waals surface area contributed by atoms with Gasteiger partial charge in [0.15, 0.2) is 0 Å². The summed E-state index contributed by atoms with van der Waals surface area (Å²) in [4.78, 5) is 17.2. The molecule has 0 atom stereocenters. The lowest BCUT2D eigenvalue weighted by atomic mass is 10.1. The van der Waals surface area contributed by atoms with Gasteiger partial charge in [-0.15, -0.1) is 11.3 Å². The highest BCUT2D eigenvalue weighted by Crippen LogP contribution is 2.11. The summed E-state index contributed by atoms with van der Waals surface area (Å²) in [5, 5.41) is 4.04. The minimum atomic E-state index is 0.117. The number of carbonyl (C=O) groups is 1. The molecule has 0 saturated heterocycles. The monoisotopic (exact) mass is 288 g/mol. The number of thiazole rings is 1. The Hall–Kier alpha value is -1.68. The van der Waals surface area contributed by atoms with E-state index in [2.05, 4.69) is 41.5 Å². The first-order chi connectivity index (χ1) is 9.63. The fourth-order valence-corrected chi connectivity index (χ4v) is 2.74. The van der Waals surface area contributed by atoms with Gasteiger partial charge in [0.05, 0.1) is 5.01 Å². The zero-order chi connectivity index (χ0) is 14.4. The predicted octanol–water partition coefficient (Wildman–Crippen LogP) is 3.05. The molecule has 4 heteroatoms. The Morgan fingerprint density at radius 2 is 1.95 bits per heavy atom. The molecule has 0 saturated carbocycles. The van der Waals surface area contributed by atoms with Crippen molar-refractivity contribution in [2.75, 3.05) is 6.54 Å². The first-order valence-corrected chi connectivity index (χ1v) is 7.68. The molecular formula is C16H20N2OS. The second-order valence-corrected chi connectivity index (χ2v) is 6.25. The zero-order valence-corrected chi connectivity index (χ0v) is 12.8. The number of aromatic nitrogens is 1. The van der Waals surface area contributed by atoms with Gasteiger partial charge < -0.3 is 5.32 Å². The lowest BCUT2D eigenvalue weighted by Gasteiger charge is -2.04. The quantitative estimate of drug-likeness (QED) is 0.887. The van der Waals surface area contributed by atoms with E-state index in [9.17, 15) is 4.79 Å². The Labute approximate surface area is 124 Å². The molecule has 1 amide bonds. The average Bonchev–Trinajstić information content (AvgIpc) is 2.84. The summed E-state index contributed by atoms with van der Waals surface area (Å²) in [5.74, 6) is 0.117. The van der Waals surface area contributed by atoms with Crippen LogP contribution in [0.15, 0.2) is 30.5 Å². The molecule has 0 unspecified atom stereocenters. The zero-order valence-electron chi connectivity index (χ0n) is 12.0. The molecule has 0 aliphatic heterocycles. The van der Waals surface area contributed by atoms with Gasteiger partial charge in [-0.1, -0.05) is 29.8 Å². The molecular weight excluding hydrogens is 268 g/mol. The van der Waals surface area contributed by atoms with E-state index in [-0.39, 0.29) is 5.91 Å². The van der Waals surface area contributed by atoms with Crippen LogP contribution in [0.3, 0.4) is 0 Å². The number of aryl methyl sites for hydroxylation is 3. The normalized spacial score (nSPS) is 10.5. The first kappa shape index (κ1) is 14.7. The van der Waals surface area contributed by atoms with E-state index >= 15 is 0 Å². The van der Waals surface area contributed by atoms with Crippen LogP contribution >= 0.6 is 11.3 Å². The summed E-state index contributed by atoms with van der Waals surface area (Å²) in [6.07, 6.45) is 4.09. The Bertz CT molecular complexity index is 560. The van der Waals surface area contributed by atoms with Gasteiger partial charge in [-0.25, -0.2) is 4.98 Å². The fraction of sp³-hybridized carbons (Fsp3) is 0.375. The van der Waals surface area contributed by atoms with Crippen molar-refractivity contribution in [1.82, 2.24) is 10.3 Å². The van der Waals surface area contributed by atoms with Crippen molar-refractivity contribution in [3.8, 4) is 0 Å². The number of nitrogens with zero attached hydrogens (tertiary/aromatic N) is 1. The fourth-order valence-electron chi connectivity index (χ4n) is 1.95. The molecule has 1 aromatic heterocycles. The van der Waals surface area contributed by atoms with E-state index < -0.39 is 0 Å². The smallest absolute Gasteiger partial charge is 0.220 e. The van der Waals surface area contributed by atoms with Crippen molar-refractivity contribution in [2.24, 2.45) is 0 Å². The maximum Gasteiger partial charge on any atom is 0.220 e. The highest BCUT2D eigenvalue weighted by atomic mass is 32.1. The average molecular weight is 288 g/mol. The molecule has 0 aliphatic rings. The van der Waals surface area contributed by atoms with Crippen molar-refractivity contribution in [3.05, 3.63) is 51.5 Å². The van der Waals surface area contributed by atoms with Crippen LogP contribution < -0.4 is 5.32 Å². The van der Waals surface area contributed by atoms with Gasteiger partial charge >= 0.3 is 0 Å². The second-order valence-electron chi connectivity index (χ2n) is 4.93. The van der Waals surface area contributed by atoms with Crippen molar-refractivity contribution in [3.63, 3.8) is 0 Å². The van der Waals surface area contributed by atoms with Gasteiger partial charge in [0.1, 0.15) is 0 Å². The summed E-state index contributed by atoms with van der Waals surface area (Å²) in [6.45, 7) is 4.75. The van der Waals surface area contributed by atoms with Crippen molar-refractivity contribution >= 4 is 17.2 Å². The van der Waals surface area contributed by atoms with Crippen LogP contribution in [-0.2, 0) is 17.6 Å². The number of benzene rings is 1. The molecule has 0 radical (unpaired) electrons. The number of hydrogen-bond acceptors (Lipinski definition) is 3. The Morgan fingerprint density at radius 3 is 2.60 bits per heavy atom. The summed E-state index contributed by atoms with van der Waals surface area (Å²) < 4.78 is 0. The van der Waals surface area contributed by atoms with Crippen LogP contribution in [0.25, 0.3) is 0 Å². The first-order valence-electron chi connectivity index (χ1n) is 6.87. The van der Waals surface area contributed by atoms with Crippen LogP contribution in [-0.4, -0.2) is 17.4 Å². The van der Waals surface area contributed by atoms with Crippen molar-refractivity contribution in [2.45, 2.75) is 33.1 Å². The van der Waals surface area contributed by atoms with Crippen LogP contribution in [0.4, 0.5) is 0 Å². The molecule has 2 rings (SSSR count). The molecule has 0 spiro atoms. The van der Waals surface area contributed by atoms with Gasteiger partial charge in [0.2, 0.25) is 5.91 Å². The molecule has 1 N–H and O–H groups in total. The number of hydrogen-bond donors (Lipinski definition) is 1. The number of nitrogens with one attached hydrogen (secondary N) is 1. The number of carbonyl (C=O) groups excluding carboxylic acids is 1. The largest absolute Gasteiger partial charge is 0.356 e. The number of amides is 1. The molecule has 2 aromatic rings. The van der Waals surface area contributed by atoms with Crippen LogP contribution in [0, 0.1) is 13.8 Å². The third kappa shape index (κ3) is 4.78. The minimum absolute atomic E-state index is 0.117. The highest BCUT2D eigenvalue weighted by molar-refractivity contribution is 7.11. The molecule has 20 heavy (non-hydrogen) atoms. The third-order valence-electron chi connectivity index (χ3n) is 3.12. The van der Waals surface area contributed by atoms with Crippen LogP contribution in [0.1, 0.15) is 27.4 Å². The summed E-state index contributed by atoms with van der Waals surface area (Å²) in [6, 6.07) is 8.34. The maximum atomic E-state index is 11.8. The van der Waals surface area contributed by atoms with E-state index in [1.165, 1.54) is 16.0 Å². The van der Waals surface area contributed by atoms with Gasteiger partial charge in [-0.05, 0) is 25.8 Å². The third-order valence-corrected chi connectivity index (χ3v) is 4.10. The van der Waals surface area contributed by atoms with Crippen molar-refractivity contribution in [1.29, 1.82) is 0 Å². The van der Waals surface area contributed by atoms with E-state index in [1.54, 1.807) is 11.3 Å². The highest BCUT2D eigenvalue weighted by Gasteiger charge is 2.03. The second kappa shape index (κ2) is 7.20. The molecule has 0 bridgehead atoms.